The van der Waals surface area contributed by atoms with Gasteiger partial charge < -0.3 is 10.2 Å². The minimum Gasteiger partial charge on any atom is -0.322 e. The van der Waals surface area contributed by atoms with Crippen LogP contribution in [0, 0.1) is 0 Å². The van der Waals surface area contributed by atoms with E-state index in [4.69, 9.17) is 0 Å². The van der Waals surface area contributed by atoms with Gasteiger partial charge in [-0.15, -0.1) is 0 Å². The Morgan fingerprint density at radius 2 is 1.77 bits per heavy atom. The number of benzene rings is 2. The maximum absolute atomic E-state index is 12.7. The van der Waals surface area contributed by atoms with Crippen LogP contribution in [0.5, 0.6) is 0 Å². The summed E-state index contributed by atoms with van der Waals surface area (Å²) in [6.45, 7) is 0.143. The molecule has 31 heavy (non-hydrogen) atoms. The van der Waals surface area contributed by atoms with Gasteiger partial charge in [-0.05, 0) is 54.4 Å². The second kappa shape index (κ2) is 7.53. The number of anilines is 1. The molecule has 160 valence electrons. The van der Waals surface area contributed by atoms with E-state index in [9.17, 15) is 32.3 Å². The van der Waals surface area contributed by atoms with E-state index in [2.05, 4.69) is 10.6 Å². The van der Waals surface area contributed by atoms with E-state index in [1.54, 1.807) is 6.07 Å². The normalized spacial score (nSPS) is 18.6. The Labute approximate surface area is 174 Å². The molecule has 2 aliphatic rings. The van der Waals surface area contributed by atoms with Crippen molar-refractivity contribution in [1.82, 2.24) is 10.2 Å². The summed E-state index contributed by atoms with van der Waals surface area (Å²) in [4.78, 5) is 49.9. The molecule has 0 aliphatic carbocycles. The molecule has 2 aromatic carbocycles. The molecule has 0 saturated carbocycles. The highest BCUT2D eigenvalue weighted by Gasteiger charge is 2.39. The number of halogens is 3. The van der Waals surface area contributed by atoms with E-state index in [0.717, 1.165) is 24.3 Å². The Kier molecular flexibility index (Phi) is 5.00. The standard InChI is InChI=1S/C21H16F3N3O4/c22-21(23,24)13-3-1-11(2-4-13)18(29)25-14-5-6-15-12(9-14)10-27(20(15)31)16-7-8-17(28)26-19(16)30/h1-6,9,16H,7-8,10H2,(H,25,29)(H,26,28,30). The lowest BCUT2D eigenvalue weighted by atomic mass is 10.0. The number of fused-ring (bicyclic) bond motifs is 1. The molecule has 2 aliphatic heterocycles. The minimum atomic E-state index is -4.49. The van der Waals surface area contributed by atoms with E-state index in [1.807, 2.05) is 0 Å². The summed E-state index contributed by atoms with van der Waals surface area (Å²) in [5.41, 5.74) is 0.544. The molecule has 0 aromatic heterocycles. The van der Waals surface area contributed by atoms with Crippen molar-refractivity contribution in [2.75, 3.05) is 5.32 Å². The number of alkyl halides is 3. The number of piperidine rings is 1. The molecular formula is C21H16F3N3O4. The first-order chi connectivity index (χ1) is 14.6. The molecule has 2 N–H and O–H groups in total. The van der Waals surface area contributed by atoms with Crippen molar-refractivity contribution in [2.45, 2.75) is 31.6 Å². The van der Waals surface area contributed by atoms with Crippen molar-refractivity contribution in [1.29, 1.82) is 0 Å². The van der Waals surface area contributed by atoms with Gasteiger partial charge in [-0.1, -0.05) is 0 Å². The quantitative estimate of drug-likeness (QED) is 0.731. The third kappa shape index (κ3) is 4.00. The first-order valence-corrected chi connectivity index (χ1v) is 9.39. The van der Waals surface area contributed by atoms with Crippen LogP contribution in [0.4, 0.5) is 18.9 Å². The molecule has 1 atom stereocenters. The summed E-state index contributed by atoms with van der Waals surface area (Å²) in [7, 11) is 0. The summed E-state index contributed by atoms with van der Waals surface area (Å²) in [5, 5.41) is 4.82. The molecule has 1 unspecified atom stereocenters. The lowest BCUT2D eigenvalue weighted by molar-refractivity contribution is -0.138. The van der Waals surface area contributed by atoms with Crippen LogP contribution in [-0.2, 0) is 22.3 Å². The Morgan fingerprint density at radius 3 is 2.42 bits per heavy atom. The first-order valence-electron chi connectivity index (χ1n) is 9.39. The fourth-order valence-electron chi connectivity index (χ4n) is 3.67. The molecule has 2 aromatic rings. The van der Waals surface area contributed by atoms with Crippen LogP contribution in [0.1, 0.15) is 44.7 Å². The maximum atomic E-state index is 12.7. The maximum Gasteiger partial charge on any atom is 0.416 e. The van der Waals surface area contributed by atoms with Crippen LogP contribution in [0.25, 0.3) is 0 Å². The van der Waals surface area contributed by atoms with E-state index in [-0.39, 0.29) is 36.8 Å². The molecule has 4 rings (SSSR count). The van der Waals surface area contributed by atoms with Gasteiger partial charge in [0.2, 0.25) is 11.8 Å². The van der Waals surface area contributed by atoms with Crippen molar-refractivity contribution in [2.24, 2.45) is 0 Å². The number of imide groups is 1. The predicted molar refractivity (Wildman–Crippen MR) is 102 cm³/mol. The molecule has 0 spiro atoms. The topological polar surface area (TPSA) is 95.6 Å². The van der Waals surface area contributed by atoms with E-state index in [1.165, 1.54) is 17.0 Å². The van der Waals surface area contributed by atoms with E-state index in [0.29, 0.717) is 16.8 Å². The number of carbonyl (C=O) groups excluding carboxylic acids is 4. The second-order valence-electron chi connectivity index (χ2n) is 7.30. The summed E-state index contributed by atoms with van der Waals surface area (Å²) in [5.74, 6) is -1.84. The van der Waals surface area contributed by atoms with Gasteiger partial charge in [0.05, 0.1) is 5.56 Å². The van der Waals surface area contributed by atoms with Gasteiger partial charge >= 0.3 is 6.18 Å². The molecule has 0 bridgehead atoms. The minimum absolute atomic E-state index is 0.0507. The van der Waals surface area contributed by atoms with Gasteiger partial charge in [0.1, 0.15) is 6.04 Å². The van der Waals surface area contributed by atoms with Crippen LogP contribution >= 0.6 is 0 Å². The molecule has 7 nitrogen and oxygen atoms in total. The van der Waals surface area contributed by atoms with E-state index >= 15 is 0 Å². The molecule has 2 heterocycles. The number of carbonyl (C=O) groups is 4. The zero-order chi connectivity index (χ0) is 22.3. The second-order valence-corrected chi connectivity index (χ2v) is 7.30. The third-order valence-electron chi connectivity index (χ3n) is 5.26. The fourth-order valence-corrected chi connectivity index (χ4v) is 3.67. The molecule has 10 heteroatoms. The number of rotatable bonds is 3. The molecular weight excluding hydrogens is 415 g/mol. The van der Waals surface area contributed by atoms with Gasteiger partial charge in [-0.2, -0.15) is 13.2 Å². The van der Waals surface area contributed by atoms with Gasteiger partial charge in [0, 0.05) is 29.8 Å². The van der Waals surface area contributed by atoms with Crippen LogP contribution in [0.2, 0.25) is 0 Å². The van der Waals surface area contributed by atoms with Gasteiger partial charge in [-0.3, -0.25) is 24.5 Å². The Bertz CT molecular complexity index is 1100. The van der Waals surface area contributed by atoms with Gasteiger partial charge in [0.25, 0.3) is 11.8 Å². The van der Waals surface area contributed by atoms with Crippen LogP contribution in [0.15, 0.2) is 42.5 Å². The lowest BCUT2D eigenvalue weighted by Gasteiger charge is -2.29. The zero-order valence-electron chi connectivity index (χ0n) is 16.0. The lowest BCUT2D eigenvalue weighted by Crippen LogP contribution is -2.52. The van der Waals surface area contributed by atoms with Crippen LogP contribution in [-0.4, -0.2) is 34.6 Å². The first kappa shape index (κ1) is 20.6. The number of hydrogen-bond donors (Lipinski definition) is 2. The number of nitrogens with zero attached hydrogens (tertiary/aromatic N) is 1. The van der Waals surface area contributed by atoms with Gasteiger partial charge in [0.15, 0.2) is 0 Å². The molecule has 4 amide bonds. The highest BCUT2D eigenvalue weighted by Crippen LogP contribution is 2.31. The van der Waals surface area contributed by atoms with Crippen molar-refractivity contribution in [3.8, 4) is 0 Å². The largest absolute Gasteiger partial charge is 0.416 e. The number of nitrogens with one attached hydrogen (secondary N) is 2. The summed E-state index contributed by atoms with van der Waals surface area (Å²) in [6.07, 6.45) is -4.11. The molecule has 1 fully saturated rings. The zero-order valence-corrected chi connectivity index (χ0v) is 16.0. The number of amides is 4. The van der Waals surface area contributed by atoms with Crippen LogP contribution in [0.3, 0.4) is 0 Å². The Hall–Kier alpha value is -3.69. The monoisotopic (exact) mass is 431 g/mol. The highest BCUT2D eigenvalue weighted by atomic mass is 19.4. The number of hydrogen-bond acceptors (Lipinski definition) is 4. The fraction of sp³-hybridized carbons (Fsp3) is 0.238. The highest BCUT2D eigenvalue weighted by molar-refractivity contribution is 6.07. The molecule has 1 saturated heterocycles. The third-order valence-corrected chi connectivity index (χ3v) is 5.26. The van der Waals surface area contributed by atoms with Gasteiger partial charge in [-0.25, -0.2) is 0 Å². The summed E-state index contributed by atoms with van der Waals surface area (Å²) >= 11 is 0. The van der Waals surface area contributed by atoms with Crippen molar-refractivity contribution < 1.29 is 32.3 Å². The van der Waals surface area contributed by atoms with Crippen molar-refractivity contribution in [3.63, 3.8) is 0 Å². The predicted octanol–water partition coefficient (Wildman–Crippen LogP) is 2.72. The van der Waals surface area contributed by atoms with E-state index < -0.39 is 29.6 Å². The molecule has 0 radical (unpaired) electrons. The SMILES string of the molecule is O=C1CCC(N2Cc3cc(NC(=O)c4ccc(C(F)(F)F)cc4)ccc3C2=O)C(=O)N1. The average Bonchev–Trinajstić information content (AvgIpc) is 3.03. The van der Waals surface area contributed by atoms with Crippen molar-refractivity contribution in [3.05, 3.63) is 64.7 Å². The van der Waals surface area contributed by atoms with Crippen LogP contribution < -0.4 is 10.6 Å². The van der Waals surface area contributed by atoms with Crippen molar-refractivity contribution >= 4 is 29.3 Å². The average molecular weight is 431 g/mol. The Balaban J connectivity index is 1.48. The summed E-state index contributed by atoms with van der Waals surface area (Å²) in [6, 6.07) is 7.68. The smallest absolute Gasteiger partial charge is 0.322 e. The summed E-state index contributed by atoms with van der Waals surface area (Å²) < 4.78 is 38.0. The Morgan fingerprint density at radius 1 is 1.06 bits per heavy atom.